The lowest BCUT2D eigenvalue weighted by molar-refractivity contribution is -0.121. The lowest BCUT2D eigenvalue weighted by Crippen LogP contribution is -2.27. The van der Waals surface area contributed by atoms with Crippen molar-refractivity contribution >= 4 is 18.3 Å². The Bertz CT molecular complexity index is 509. The van der Waals surface area contributed by atoms with Gasteiger partial charge in [-0.25, -0.2) is 4.39 Å². The molecule has 1 aliphatic rings. The van der Waals surface area contributed by atoms with E-state index in [4.69, 9.17) is 4.74 Å². The Morgan fingerprint density at radius 1 is 1.43 bits per heavy atom. The first kappa shape index (κ1) is 19.7. The first-order valence-corrected chi connectivity index (χ1v) is 7.96. The van der Waals surface area contributed by atoms with Crippen molar-refractivity contribution in [2.24, 2.45) is 5.92 Å². The normalized spacial score (nSPS) is 14.7. The molecule has 0 spiro atoms. The van der Waals surface area contributed by atoms with E-state index in [9.17, 15) is 9.18 Å². The quantitative estimate of drug-likeness (QED) is 0.676. The van der Waals surface area contributed by atoms with Crippen LogP contribution in [-0.2, 0) is 4.79 Å². The van der Waals surface area contributed by atoms with Crippen LogP contribution in [0.2, 0.25) is 0 Å². The van der Waals surface area contributed by atoms with Gasteiger partial charge in [-0.3, -0.25) is 4.79 Å². The molecule has 1 unspecified atom stereocenters. The van der Waals surface area contributed by atoms with E-state index in [1.807, 2.05) is 20.0 Å². The fourth-order valence-electron chi connectivity index (χ4n) is 2.22. The number of carbonyl (C=O) groups excluding carboxylic acids is 1. The molecule has 1 aliphatic carbocycles. The van der Waals surface area contributed by atoms with Gasteiger partial charge in [-0.1, -0.05) is 6.07 Å². The minimum atomic E-state index is -0.366. The van der Waals surface area contributed by atoms with Crippen LogP contribution in [0.1, 0.15) is 44.2 Å². The van der Waals surface area contributed by atoms with Gasteiger partial charge < -0.3 is 15.4 Å². The molecule has 1 aromatic rings. The van der Waals surface area contributed by atoms with Crippen molar-refractivity contribution in [3.05, 3.63) is 29.6 Å². The van der Waals surface area contributed by atoms with Crippen LogP contribution in [0.25, 0.3) is 0 Å². The molecule has 1 saturated carbocycles. The van der Waals surface area contributed by atoms with Gasteiger partial charge in [0.05, 0.1) is 12.6 Å². The summed E-state index contributed by atoms with van der Waals surface area (Å²) in [7, 11) is 1.86. The zero-order valence-electron chi connectivity index (χ0n) is 13.7. The maximum absolute atomic E-state index is 14.0. The van der Waals surface area contributed by atoms with Crippen LogP contribution in [0.5, 0.6) is 5.75 Å². The molecule has 1 aromatic carbocycles. The van der Waals surface area contributed by atoms with E-state index in [0.717, 1.165) is 18.5 Å². The maximum atomic E-state index is 14.0. The molecule has 0 heterocycles. The summed E-state index contributed by atoms with van der Waals surface area (Å²) in [6, 6.07) is 4.69. The van der Waals surface area contributed by atoms with Crippen LogP contribution in [-0.4, -0.2) is 26.1 Å². The van der Waals surface area contributed by atoms with Crippen molar-refractivity contribution in [2.75, 3.05) is 20.2 Å². The van der Waals surface area contributed by atoms with E-state index in [1.54, 1.807) is 6.07 Å². The van der Waals surface area contributed by atoms with Crippen molar-refractivity contribution in [1.29, 1.82) is 0 Å². The van der Waals surface area contributed by atoms with Crippen LogP contribution in [0, 0.1) is 11.7 Å². The third-order valence-corrected chi connectivity index (χ3v) is 3.84. The number of benzene rings is 1. The highest BCUT2D eigenvalue weighted by Gasteiger charge is 2.22. The minimum absolute atomic E-state index is 0. The van der Waals surface area contributed by atoms with E-state index in [2.05, 4.69) is 10.6 Å². The van der Waals surface area contributed by atoms with Gasteiger partial charge in [0, 0.05) is 6.42 Å². The molecule has 2 N–H and O–H groups in total. The molecule has 4 nitrogen and oxygen atoms in total. The van der Waals surface area contributed by atoms with Crippen LogP contribution in [0.4, 0.5) is 4.39 Å². The summed E-state index contributed by atoms with van der Waals surface area (Å²) >= 11 is 0. The molecule has 130 valence electrons. The predicted molar refractivity (Wildman–Crippen MR) is 91.6 cm³/mol. The highest BCUT2D eigenvalue weighted by Crippen LogP contribution is 2.30. The number of carbonyl (C=O) groups is 1. The third kappa shape index (κ3) is 6.75. The molecular formula is C17H26ClFN2O2. The van der Waals surface area contributed by atoms with Crippen LogP contribution < -0.4 is 15.4 Å². The van der Waals surface area contributed by atoms with Gasteiger partial charge in [-0.2, -0.15) is 0 Å². The van der Waals surface area contributed by atoms with E-state index in [0.29, 0.717) is 24.7 Å². The van der Waals surface area contributed by atoms with Gasteiger partial charge in [0.2, 0.25) is 5.91 Å². The first-order valence-electron chi connectivity index (χ1n) is 7.96. The second kappa shape index (κ2) is 9.73. The summed E-state index contributed by atoms with van der Waals surface area (Å²) in [6.07, 6.45) is 3.61. The monoisotopic (exact) mass is 344 g/mol. The predicted octanol–water partition coefficient (Wildman–Crippen LogP) is 3.21. The van der Waals surface area contributed by atoms with Gasteiger partial charge in [0.25, 0.3) is 0 Å². The van der Waals surface area contributed by atoms with Gasteiger partial charge in [-0.15, -0.1) is 12.4 Å². The summed E-state index contributed by atoms with van der Waals surface area (Å²) in [5.41, 5.74) is 0.748. The Labute approximate surface area is 143 Å². The minimum Gasteiger partial charge on any atom is -0.490 e. The SMILES string of the molecule is CNCCCC(=O)NC(C)c1ccc(OCC2CC2)c(F)c1.Cl. The number of hydrogen-bond acceptors (Lipinski definition) is 3. The van der Waals surface area contributed by atoms with Gasteiger partial charge >= 0.3 is 0 Å². The smallest absolute Gasteiger partial charge is 0.220 e. The van der Waals surface area contributed by atoms with Gasteiger partial charge in [0.1, 0.15) is 0 Å². The molecule has 1 amide bonds. The van der Waals surface area contributed by atoms with E-state index in [1.165, 1.54) is 18.9 Å². The van der Waals surface area contributed by atoms with Crippen LogP contribution in [0.3, 0.4) is 0 Å². The molecule has 0 radical (unpaired) electrons. The fourth-order valence-corrected chi connectivity index (χ4v) is 2.22. The van der Waals surface area contributed by atoms with Crippen LogP contribution >= 0.6 is 12.4 Å². The van der Waals surface area contributed by atoms with Crippen molar-refractivity contribution in [2.45, 2.75) is 38.6 Å². The van der Waals surface area contributed by atoms with Crippen molar-refractivity contribution in [3.63, 3.8) is 0 Å². The zero-order chi connectivity index (χ0) is 15.9. The Kier molecular flexibility index (Phi) is 8.34. The molecule has 2 rings (SSSR count). The van der Waals surface area contributed by atoms with Crippen molar-refractivity contribution < 1.29 is 13.9 Å². The van der Waals surface area contributed by atoms with Crippen molar-refractivity contribution in [1.82, 2.24) is 10.6 Å². The summed E-state index contributed by atoms with van der Waals surface area (Å²) in [5, 5.41) is 5.89. The van der Waals surface area contributed by atoms with E-state index >= 15 is 0 Å². The molecule has 6 heteroatoms. The highest BCUT2D eigenvalue weighted by atomic mass is 35.5. The largest absolute Gasteiger partial charge is 0.490 e. The average Bonchev–Trinajstić information content (AvgIpc) is 3.30. The summed E-state index contributed by atoms with van der Waals surface area (Å²) in [4.78, 5) is 11.8. The number of halogens is 2. The van der Waals surface area contributed by atoms with Crippen LogP contribution in [0.15, 0.2) is 18.2 Å². The topological polar surface area (TPSA) is 50.4 Å². The Balaban J connectivity index is 0.00000264. The lowest BCUT2D eigenvalue weighted by Gasteiger charge is -2.15. The Morgan fingerprint density at radius 3 is 2.78 bits per heavy atom. The number of rotatable bonds is 9. The van der Waals surface area contributed by atoms with Gasteiger partial charge in [-0.05, 0) is 63.4 Å². The molecule has 0 aromatic heterocycles. The standard InChI is InChI=1S/C17H25FN2O2.ClH/c1-12(20-17(21)4-3-9-19-2)14-7-8-16(15(18)10-14)22-11-13-5-6-13;/h7-8,10,12-13,19H,3-6,9,11H2,1-2H3,(H,20,21);1H. The maximum Gasteiger partial charge on any atom is 0.220 e. The molecule has 0 saturated heterocycles. The molecule has 1 fully saturated rings. The second-order valence-corrected chi connectivity index (χ2v) is 5.94. The third-order valence-electron chi connectivity index (χ3n) is 3.84. The fraction of sp³-hybridized carbons (Fsp3) is 0.588. The highest BCUT2D eigenvalue weighted by molar-refractivity contribution is 5.85. The molecule has 1 atom stereocenters. The summed E-state index contributed by atoms with van der Waals surface area (Å²) < 4.78 is 19.5. The van der Waals surface area contributed by atoms with E-state index in [-0.39, 0.29) is 30.2 Å². The number of nitrogens with one attached hydrogen (secondary N) is 2. The molecular weight excluding hydrogens is 319 g/mol. The first-order chi connectivity index (χ1) is 10.6. The molecule has 23 heavy (non-hydrogen) atoms. The van der Waals surface area contributed by atoms with Gasteiger partial charge in [0.15, 0.2) is 11.6 Å². The van der Waals surface area contributed by atoms with E-state index < -0.39 is 0 Å². The Morgan fingerprint density at radius 2 is 2.17 bits per heavy atom. The lowest BCUT2D eigenvalue weighted by atomic mass is 10.1. The molecule has 0 bridgehead atoms. The van der Waals surface area contributed by atoms with Crippen molar-refractivity contribution in [3.8, 4) is 5.75 Å². The summed E-state index contributed by atoms with van der Waals surface area (Å²) in [5.74, 6) is 0.504. The number of hydrogen-bond donors (Lipinski definition) is 2. The Hall–Kier alpha value is -1.33. The average molecular weight is 345 g/mol. The second-order valence-electron chi connectivity index (χ2n) is 5.94. The molecule has 0 aliphatic heterocycles. The number of amides is 1. The zero-order valence-corrected chi connectivity index (χ0v) is 14.5. The summed E-state index contributed by atoms with van der Waals surface area (Å²) in [6.45, 7) is 3.26. The number of ether oxygens (including phenoxy) is 1.